The van der Waals surface area contributed by atoms with E-state index in [-0.39, 0.29) is 0 Å². The number of ether oxygens (including phenoxy) is 2. The van der Waals surface area contributed by atoms with Gasteiger partial charge in [-0.2, -0.15) is 0 Å². The first kappa shape index (κ1) is 14.1. The van der Waals surface area contributed by atoms with Crippen LogP contribution in [0.1, 0.15) is 39.5 Å². The number of rotatable bonds is 2. The van der Waals surface area contributed by atoms with Gasteiger partial charge >= 0.3 is 0 Å². The molecule has 1 aromatic rings. The molecule has 3 rings (SSSR count). The molecule has 0 unspecified atom stereocenters. The van der Waals surface area contributed by atoms with Crippen LogP contribution in [0.2, 0.25) is 0 Å². The lowest BCUT2D eigenvalue weighted by Gasteiger charge is -2.35. The molecule has 2 aliphatic rings. The summed E-state index contributed by atoms with van der Waals surface area (Å²) < 4.78 is 12.3. The van der Waals surface area contributed by atoms with Crippen LogP contribution in [0.4, 0.5) is 5.69 Å². The summed E-state index contributed by atoms with van der Waals surface area (Å²) in [5.41, 5.74) is 1.61. The van der Waals surface area contributed by atoms with Crippen molar-refractivity contribution in [1.29, 1.82) is 0 Å². The van der Waals surface area contributed by atoms with E-state index in [1.807, 2.05) is 6.07 Å². The summed E-state index contributed by atoms with van der Waals surface area (Å²) in [4.78, 5) is 0. The molecule has 3 nitrogen and oxygen atoms in total. The first-order chi connectivity index (χ1) is 9.53. The maximum atomic E-state index is 5.66. The molecule has 1 aliphatic heterocycles. The van der Waals surface area contributed by atoms with Gasteiger partial charge in [0.1, 0.15) is 13.2 Å². The highest BCUT2D eigenvalue weighted by Gasteiger charge is 2.27. The van der Waals surface area contributed by atoms with E-state index in [1.54, 1.807) is 0 Å². The van der Waals surface area contributed by atoms with Gasteiger partial charge in [0.05, 0.1) is 5.69 Å². The molecule has 0 radical (unpaired) electrons. The highest BCUT2D eigenvalue weighted by atomic mass is 79.9. The van der Waals surface area contributed by atoms with Crippen LogP contribution in [0.3, 0.4) is 0 Å². The lowest BCUT2D eigenvalue weighted by atomic mass is 9.75. The highest BCUT2D eigenvalue weighted by Crippen LogP contribution is 2.40. The minimum Gasteiger partial charge on any atom is -0.486 e. The zero-order valence-electron chi connectivity index (χ0n) is 12.2. The SMILES string of the molecule is CC1(C)CCC(Nc2cc3c(cc2Br)OCCO3)CC1. The third-order valence-corrected chi connectivity index (χ3v) is 4.99. The van der Waals surface area contributed by atoms with Crippen molar-refractivity contribution in [2.75, 3.05) is 18.5 Å². The third kappa shape index (κ3) is 3.05. The number of halogens is 1. The second-order valence-corrected chi connectivity index (χ2v) is 7.41. The smallest absolute Gasteiger partial charge is 0.163 e. The van der Waals surface area contributed by atoms with Gasteiger partial charge in [-0.3, -0.25) is 0 Å². The van der Waals surface area contributed by atoms with Gasteiger partial charge in [0.2, 0.25) is 0 Å². The number of benzene rings is 1. The van der Waals surface area contributed by atoms with Gasteiger partial charge in [-0.1, -0.05) is 13.8 Å². The van der Waals surface area contributed by atoms with E-state index in [2.05, 4.69) is 41.2 Å². The van der Waals surface area contributed by atoms with Crippen molar-refractivity contribution < 1.29 is 9.47 Å². The first-order valence-electron chi connectivity index (χ1n) is 7.39. The van der Waals surface area contributed by atoms with Gasteiger partial charge < -0.3 is 14.8 Å². The van der Waals surface area contributed by atoms with Crippen molar-refractivity contribution in [1.82, 2.24) is 0 Å². The van der Waals surface area contributed by atoms with Crippen LogP contribution >= 0.6 is 15.9 Å². The molecule has 1 fully saturated rings. The van der Waals surface area contributed by atoms with E-state index >= 15 is 0 Å². The second kappa shape index (κ2) is 5.47. The van der Waals surface area contributed by atoms with Crippen LogP contribution in [0.5, 0.6) is 11.5 Å². The van der Waals surface area contributed by atoms with Crippen LogP contribution in [0.25, 0.3) is 0 Å². The fourth-order valence-electron chi connectivity index (χ4n) is 2.94. The predicted molar refractivity (Wildman–Crippen MR) is 84.8 cm³/mol. The third-order valence-electron chi connectivity index (χ3n) is 4.33. The molecule has 0 amide bonds. The molecule has 0 saturated heterocycles. The highest BCUT2D eigenvalue weighted by molar-refractivity contribution is 9.10. The molecule has 1 aliphatic carbocycles. The Balaban J connectivity index is 1.71. The Bertz CT molecular complexity index is 491. The van der Waals surface area contributed by atoms with E-state index in [9.17, 15) is 0 Å². The number of hydrogen-bond acceptors (Lipinski definition) is 3. The summed E-state index contributed by atoms with van der Waals surface area (Å²) in [6.07, 6.45) is 5.03. The van der Waals surface area contributed by atoms with Gasteiger partial charge in [0.25, 0.3) is 0 Å². The zero-order chi connectivity index (χ0) is 14.2. The monoisotopic (exact) mass is 339 g/mol. The summed E-state index contributed by atoms with van der Waals surface area (Å²) in [5, 5.41) is 3.65. The summed E-state index contributed by atoms with van der Waals surface area (Å²) in [6.45, 7) is 5.99. The lowest BCUT2D eigenvalue weighted by molar-refractivity contribution is 0.171. The Hall–Kier alpha value is -0.900. The fraction of sp³-hybridized carbons (Fsp3) is 0.625. The number of nitrogens with one attached hydrogen (secondary N) is 1. The number of fused-ring (bicyclic) bond motifs is 1. The second-order valence-electron chi connectivity index (χ2n) is 6.56. The molecule has 1 saturated carbocycles. The largest absolute Gasteiger partial charge is 0.486 e. The Morgan fingerprint density at radius 2 is 1.70 bits per heavy atom. The van der Waals surface area contributed by atoms with E-state index in [1.165, 1.54) is 25.7 Å². The number of anilines is 1. The molecule has 110 valence electrons. The summed E-state index contributed by atoms with van der Waals surface area (Å²) >= 11 is 3.63. The molecule has 1 aromatic carbocycles. The quantitative estimate of drug-likeness (QED) is 0.853. The molecule has 0 bridgehead atoms. The Kier molecular flexibility index (Phi) is 3.85. The first-order valence-corrected chi connectivity index (χ1v) is 8.18. The van der Waals surface area contributed by atoms with E-state index in [0.717, 1.165) is 21.7 Å². The molecular weight excluding hydrogens is 318 g/mol. The zero-order valence-corrected chi connectivity index (χ0v) is 13.8. The Morgan fingerprint density at radius 3 is 2.35 bits per heavy atom. The van der Waals surface area contributed by atoms with Crippen molar-refractivity contribution in [3.05, 3.63) is 16.6 Å². The molecule has 4 heteroatoms. The summed E-state index contributed by atoms with van der Waals surface area (Å²) in [6, 6.07) is 4.61. The van der Waals surface area contributed by atoms with Crippen LogP contribution < -0.4 is 14.8 Å². The minimum atomic E-state index is 0.502. The van der Waals surface area contributed by atoms with Crippen LogP contribution in [-0.2, 0) is 0 Å². The fourth-order valence-corrected chi connectivity index (χ4v) is 3.37. The average Bonchev–Trinajstić information content (AvgIpc) is 2.42. The van der Waals surface area contributed by atoms with E-state index in [0.29, 0.717) is 24.7 Å². The standard InChI is InChI=1S/C16H22BrNO2/c1-16(2)5-3-11(4-6-16)18-13-10-15-14(9-12(13)17)19-7-8-20-15/h9-11,18H,3-8H2,1-2H3. The van der Waals surface area contributed by atoms with E-state index in [4.69, 9.17) is 9.47 Å². The predicted octanol–water partition coefficient (Wildman–Crippen LogP) is 4.60. The summed E-state index contributed by atoms with van der Waals surface area (Å²) in [5.74, 6) is 1.68. The minimum absolute atomic E-state index is 0.502. The molecule has 0 atom stereocenters. The Labute approximate surface area is 129 Å². The van der Waals surface area contributed by atoms with E-state index < -0.39 is 0 Å². The molecule has 0 spiro atoms. The molecule has 0 aromatic heterocycles. The van der Waals surface area contributed by atoms with Crippen LogP contribution in [0, 0.1) is 5.41 Å². The maximum absolute atomic E-state index is 5.66. The van der Waals surface area contributed by atoms with Gasteiger partial charge in [0.15, 0.2) is 11.5 Å². The molecular formula is C16H22BrNO2. The van der Waals surface area contributed by atoms with Gasteiger partial charge in [-0.05, 0) is 47.0 Å². The normalized spacial score (nSPS) is 21.6. The maximum Gasteiger partial charge on any atom is 0.163 e. The number of hydrogen-bond donors (Lipinski definition) is 1. The Morgan fingerprint density at radius 1 is 1.10 bits per heavy atom. The van der Waals surface area contributed by atoms with Crippen LogP contribution in [-0.4, -0.2) is 19.3 Å². The average molecular weight is 340 g/mol. The van der Waals surface area contributed by atoms with Crippen LogP contribution in [0.15, 0.2) is 16.6 Å². The van der Waals surface area contributed by atoms with Crippen molar-refractivity contribution >= 4 is 21.6 Å². The molecule has 1 heterocycles. The van der Waals surface area contributed by atoms with Gasteiger partial charge in [-0.25, -0.2) is 0 Å². The van der Waals surface area contributed by atoms with Gasteiger partial charge in [-0.15, -0.1) is 0 Å². The molecule has 20 heavy (non-hydrogen) atoms. The van der Waals surface area contributed by atoms with Crippen molar-refractivity contribution in [3.8, 4) is 11.5 Å². The van der Waals surface area contributed by atoms with Crippen molar-refractivity contribution in [3.63, 3.8) is 0 Å². The van der Waals surface area contributed by atoms with Gasteiger partial charge in [0, 0.05) is 22.6 Å². The van der Waals surface area contributed by atoms with Crippen molar-refractivity contribution in [2.24, 2.45) is 5.41 Å². The topological polar surface area (TPSA) is 30.5 Å². The summed E-state index contributed by atoms with van der Waals surface area (Å²) in [7, 11) is 0. The lowest BCUT2D eigenvalue weighted by Crippen LogP contribution is -2.30. The van der Waals surface area contributed by atoms with Crippen molar-refractivity contribution in [2.45, 2.75) is 45.6 Å². The molecule has 1 N–H and O–H groups in total.